The summed E-state index contributed by atoms with van der Waals surface area (Å²) in [7, 11) is 0. The van der Waals surface area contributed by atoms with Crippen molar-refractivity contribution in [3.63, 3.8) is 0 Å². The van der Waals surface area contributed by atoms with Crippen LogP contribution >= 0.6 is 0 Å². The van der Waals surface area contributed by atoms with Crippen molar-refractivity contribution >= 4 is 12.1 Å². The van der Waals surface area contributed by atoms with E-state index in [4.69, 9.17) is 14.7 Å². The molecule has 2 N–H and O–H groups in total. The number of carbonyl (C=O) groups excluding carboxylic acids is 2. The number of nitriles is 1. The molecule has 10 heteroatoms. The van der Waals surface area contributed by atoms with E-state index in [-0.39, 0.29) is 12.1 Å². The first-order valence-electron chi connectivity index (χ1n) is 7.37. The number of esters is 1. The number of aryl methyl sites for hydroxylation is 1. The zero-order valence-electron chi connectivity index (χ0n) is 14.4. The number of alkyl carbamates (subject to hydrolysis) is 1. The van der Waals surface area contributed by atoms with Gasteiger partial charge in [-0.2, -0.15) is 5.26 Å². The summed E-state index contributed by atoms with van der Waals surface area (Å²) in [6.45, 7) is 5.60. The van der Waals surface area contributed by atoms with Crippen molar-refractivity contribution in [2.45, 2.75) is 45.9 Å². The van der Waals surface area contributed by atoms with Crippen molar-refractivity contribution in [3.05, 3.63) is 32.6 Å². The van der Waals surface area contributed by atoms with E-state index >= 15 is 0 Å². The Bertz CT molecular complexity index is 796. The number of hydrogen-bond donors (Lipinski definition) is 2. The summed E-state index contributed by atoms with van der Waals surface area (Å²) in [4.78, 5) is 49.3. The Morgan fingerprint density at radius 2 is 2.04 bits per heavy atom. The van der Waals surface area contributed by atoms with Crippen LogP contribution in [0.4, 0.5) is 4.79 Å². The zero-order chi connectivity index (χ0) is 19.2. The highest BCUT2D eigenvalue weighted by Crippen LogP contribution is 2.07. The number of amides is 1. The second-order valence-corrected chi connectivity index (χ2v) is 6.19. The molecule has 1 atom stereocenters. The monoisotopic (exact) mass is 352 g/mol. The Morgan fingerprint density at radius 3 is 2.60 bits per heavy atom. The quantitative estimate of drug-likeness (QED) is 0.699. The molecular formula is C15H20N4O6. The van der Waals surface area contributed by atoms with E-state index in [2.05, 4.69) is 10.3 Å². The van der Waals surface area contributed by atoms with Crippen LogP contribution in [0.1, 0.15) is 26.3 Å². The van der Waals surface area contributed by atoms with Crippen molar-refractivity contribution in [2.24, 2.45) is 0 Å². The number of nitrogens with one attached hydrogen (secondary N) is 2. The maximum atomic E-state index is 12.0. The predicted molar refractivity (Wildman–Crippen MR) is 85.8 cm³/mol. The molecule has 0 bridgehead atoms. The molecule has 0 aliphatic rings. The second-order valence-electron chi connectivity index (χ2n) is 6.19. The molecule has 0 saturated carbocycles. The Hall–Kier alpha value is -3.09. The standard InChI is InChI=1S/C15H20N4O6/c1-9-7-19(13(22)18-11(9)20)8-10(12(21)24-6-5-16)17-14(23)25-15(2,3)4/h7,10H,6,8H2,1-4H3,(H,17,23)(H,18,20,22)/t10-/m0/s1. The number of hydrogen-bond acceptors (Lipinski definition) is 7. The first kappa shape index (κ1) is 20.0. The Kier molecular flexibility index (Phi) is 6.50. The molecule has 25 heavy (non-hydrogen) atoms. The number of nitrogens with zero attached hydrogens (tertiary/aromatic N) is 2. The van der Waals surface area contributed by atoms with Gasteiger partial charge in [-0.3, -0.25) is 14.3 Å². The van der Waals surface area contributed by atoms with Crippen LogP contribution in [0.15, 0.2) is 15.8 Å². The van der Waals surface area contributed by atoms with E-state index in [1.165, 1.54) is 13.1 Å². The fourth-order valence-electron chi connectivity index (χ4n) is 1.78. The number of aromatic nitrogens is 2. The average Bonchev–Trinajstić information content (AvgIpc) is 2.47. The highest BCUT2D eigenvalue weighted by molar-refractivity contribution is 5.81. The van der Waals surface area contributed by atoms with Gasteiger partial charge < -0.3 is 14.8 Å². The van der Waals surface area contributed by atoms with E-state index < -0.39 is 41.6 Å². The molecule has 1 aromatic rings. The lowest BCUT2D eigenvalue weighted by atomic mass is 10.2. The highest BCUT2D eigenvalue weighted by Gasteiger charge is 2.26. The Labute approximate surface area is 143 Å². The topological polar surface area (TPSA) is 143 Å². The lowest BCUT2D eigenvalue weighted by molar-refractivity contribution is -0.145. The van der Waals surface area contributed by atoms with E-state index in [1.54, 1.807) is 26.8 Å². The normalized spacial score (nSPS) is 12.0. The molecule has 136 valence electrons. The predicted octanol–water partition coefficient (Wildman–Crippen LogP) is -0.195. The maximum absolute atomic E-state index is 12.0. The first-order chi connectivity index (χ1) is 11.5. The molecule has 1 rings (SSSR count). The van der Waals surface area contributed by atoms with Gasteiger partial charge in [0.25, 0.3) is 5.56 Å². The molecule has 0 aliphatic heterocycles. The number of ether oxygens (including phenoxy) is 2. The SMILES string of the molecule is Cc1cn(C[C@H](NC(=O)OC(C)(C)C)C(=O)OCC#N)c(=O)[nH]c1=O. The van der Waals surface area contributed by atoms with Gasteiger partial charge in [0.1, 0.15) is 17.7 Å². The molecule has 0 radical (unpaired) electrons. The van der Waals surface area contributed by atoms with Crippen LogP contribution in [-0.4, -0.2) is 39.9 Å². The third-order valence-corrected chi connectivity index (χ3v) is 2.82. The Morgan fingerprint density at radius 1 is 1.40 bits per heavy atom. The number of aromatic amines is 1. The van der Waals surface area contributed by atoms with E-state index in [9.17, 15) is 19.2 Å². The summed E-state index contributed by atoms with van der Waals surface area (Å²) >= 11 is 0. The van der Waals surface area contributed by atoms with Gasteiger partial charge in [0.05, 0.1) is 6.54 Å². The Balaban J connectivity index is 3.03. The summed E-state index contributed by atoms with van der Waals surface area (Å²) in [5.74, 6) is -0.914. The molecule has 0 aliphatic carbocycles. The third kappa shape index (κ3) is 6.50. The van der Waals surface area contributed by atoms with Gasteiger partial charge in [-0.1, -0.05) is 0 Å². The van der Waals surface area contributed by atoms with Crippen LogP contribution in [0.5, 0.6) is 0 Å². The summed E-state index contributed by atoms with van der Waals surface area (Å²) in [5, 5.41) is 10.8. The molecule has 0 fully saturated rings. The summed E-state index contributed by atoms with van der Waals surface area (Å²) in [6, 6.07) is 0.348. The van der Waals surface area contributed by atoms with Gasteiger partial charge in [-0.15, -0.1) is 0 Å². The van der Waals surface area contributed by atoms with Crippen molar-refractivity contribution in [3.8, 4) is 6.07 Å². The van der Waals surface area contributed by atoms with Crippen LogP contribution in [0.2, 0.25) is 0 Å². The smallest absolute Gasteiger partial charge is 0.408 e. The van der Waals surface area contributed by atoms with Gasteiger partial charge in [0.15, 0.2) is 6.61 Å². The lowest BCUT2D eigenvalue weighted by Crippen LogP contribution is -2.48. The second kappa shape index (κ2) is 8.14. The van der Waals surface area contributed by atoms with E-state index in [0.29, 0.717) is 0 Å². The maximum Gasteiger partial charge on any atom is 0.408 e. The van der Waals surface area contributed by atoms with Gasteiger partial charge >= 0.3 is 17.8 Å². The zero-order valence-corrected chi connectivity index (χ0v) is 14.4. The molecule has 0 aromatic carbocycles. The van der Waals surface area contributed by atoms with Crippen molar-refractivity contribution in [2.75, 3.05) is 6.61 Å². The number of carbonyl (C=O) groups is 2. The minimum Gasteiger partial charge on any atom is -0.449 e. The van der Waals surface area contributed by atoms with Crippen molar-refractivity contribution in [1.82, 2.24) is 14.9 Å². The van der Waals surface area contributed by atoms with Gasteiger partial charge in [-0.05, 0) is 27.7 Å². The lowest BCUT2D eigenvalue weighted by Gasteiger charge is -2.23. The van der Waals surface area contributed by atoms with Gasteiger partial charge in [-0.25, -0.2) is 14.4 Å². The average molecular weight is 352 g/mol. The summed E-state index contributed by atoms with van der Waals surface area (Å²) in [6.07, 6.45) is 0.364. The molecule has 1 heterocycles. The molecule has 0 spiro atoms. The summed E-state index contributed by atoms with van der Waals surface area (Å²) < 4.78 is 10.8. The highest BCUT2D eigenvalue weighted by atomic mass is 16.6. The van der Waals surface area contributed by atoms with Gasteiger partial charge in [0.2, 0.25) is 0 Å². The van der Waals surface area contributed by atoms with Gasteiger partial charge in [0, 0.05) is 11.8 Å². The van der Waals surface area contributed by atoms with E-state index in [0.717, 1.165) is 4.57 Å². The third-order valence-electron chi connectivity index (χ3n) is 2.82. The fraction of sp³-hybridized carbons (Fsp3) is 0.533. The minimum absolute atomic E-state index is 0.251. The van der Waals surface area contributed by atoms with Crippen LogP contribution in [0.3, 0.4) is 0 Å². The summed E-state index contributed by atoms with van der Waals surface area (Å²) in [5.41, 5.74) is -1.85. The van der Waals surface area contributed by atoms with Crippen molar-refractivity contribution in [1.29, 1.82) is 5.26 Å². The molecular weight excluding hydrogens is 332 g/mol. The largest absolute Gasteiger partial charge is 0.449 e. The van der Waals surface area contributed by atoms with Crippen molar-refractivity contribution < 1.29 is 19.1 Å². The van der Waals surface area contributed by atoms with Crippen LogP contribution < -0.4 is 16.6 Å². The van der Waals surface area contributed by atoms with Crippen LogP contribution in [0.25, 0.3) is 0 Å². The minimum atomic E-state index is -1.29. The molecule has 0 unspecified atom stereocenters. The van der Waals surface area contributed by atoms with E-state index in [1.807, 2.05) is 0 Å². The van der Waals surface area contributed by atoms with Crippen LogP contribution in [-0.2, 0) is 20.8 Å². The number of H-pyrrole nitrogens is 1. The first-order valence-corrected chi connectivity index (χ1v) is 7.37. The molecule has 1 aromatic heterocycles. The molecule has 1 amide bonds. The fourth-order valence-corrected chi connectivity index (χ4v) is 1.78. The molecule has 10 nitrogen and oxygen atoms in total. The number of rotatable bonds is 5. The van der Waals surface area contributed by atoms with Crippen LogP contribution in [0, 0.1) is 18.3 Å². The molecule has 0 saturated heterocycles.